The summed E-state index contributed by atoms with van der Waals surface area (Å²) in [6.07, 6.45) is 15.4. The smallest absolute Gasteiger partial charge is 0.0643 e. The summed E-state index contributed by atoms with van der Waals surface area (Å²) in [7, 11) is 0. The molecule has 0 atom stereocenters. The number of nitrogens with zero attached hydrogens (tertiary/aromatic N) is 1. The summed E-state index contributed by atoms with van der Waals surface area (Å²) in [5, 5.41) is 2.69. The molecule has 1 heterocycles. The molecule has 0 bridgehead atoms. The lowest BCUT2D eigenvalue weighted by Gasteiger charge is -2.07. The maximum absolute atomic E-state index is 6.44. The van der Waals surface area contributed by atoms with Gasteiger partial charge in [-0.3, -0.25) is 4.99 Å². The van der Waals surface area contributed by atoms with Crippen molar-refractivity contribution >= 4 is 50.6 Å². The van der Waals surface area contributed by atoms with Crippen LogP contribution in [0.4, 0.5) is 0 Å². The molecule has 34 heavy (non-hydrogen) atoms. The second kappa shape index (κ2) is 12.2. The van der Waals surface area contributed by atoms with Gasteiger partial charge in [-0.15, -0.1) is 11.3 Å². The van der Waals surface area contributed by atoms with Crippen molar-refractivity contribution < 1.29 is 0 Å². The van der Waals surface area contributed by atoms with Crippen molar-refractivity contribution in [1.82, 2.24) is 0 Å². The highest BCUT2D eigenvalue weighted by atomic mass is 32.1. The highest BCUT2D eigenvalue weighted by Crippen LogP contribution is 2.21. The van der Waals surface area contributed by atoms with Gasteiger partial charge < -0.3 is 5.73 Å². The van der Waals surface area contributed by atoms with Crippen LogP contribution in [0.5, 0.6) is 0 Å². The molecule has 3 rings (SSSR count). The summed E-state index contributed by atoms with van der Waals surface area (Å²) in [6.45, 7) is 12.8. The number of nitrogens with two attached hydrogens (primary N) is 1. The molecule has 1 aromatic heterocycles. The van der Waals surface area contributed by atoms with Crippen LogP contribution in [0.2, 0.25) is 0 Å². The molecular formula is C31H34N2S. The van der Waals surface area contributed by atoms with E-state index < -0.39 is 0 Å². The summed E-state index contributed by atoms with van der Waals surface area (Å²) in [4.78, 5) is 4.78. The van der Waals surface area contributed by atoms with Gasteiger partial charge in [-0.1, -0.05) is 80.3 Å². The number of fused-ring (bicyclic) bond motifs is 1. The van der Waals surface area contributed by atoms with Crippen LogP contribution in [-0.2, 0) is 6.54 Å². The van der Waals surface area contributed by atoms with Crippen LogP contribution < -0.4 is 15.5 Å². The Kier molecular flexibility index (Phi) is 9.00. The summed E-state index contributed by atoms with van der Waals surface area (Å²) >= 11 is 1.85. The maximum Gasteiger partial charge on any atom is 0.0643 e. The zero-order valence-corrected chi connectivity index (χ0v) is 21.5. The van der Waals surface area contributed by atoms with E-state index >= 15 is 0 Å². The van der Waals surface area contributed by atoms with Crippen LogP contribution in [-0.4, -0.2) is 5.71 Å². The molecule has 0 saturated heterocycles. The van der Waals surface area contributed by atoms with E-state index in [1.54, 1.807) is 6.08 Å². The first-order chi connectivity index (χ1) is 16.5. The predicted molar refractivity (Wildman–Crippen MR) is 154 cm³/mol. The first kappa shape index (κ1) is 25.2. The number of aliphatic imine (C=N–C) groups is 1. The average molecular weight is 467 g/mol. The van der Waals surface area contributed by atoms with Crippen LogP contribution in [0.3, 0.4) is 0 Å². The van der Waals surface area contributed by atoms with Gasteiger partial charge in [0.25, 0.3) is 0 Å². The fraction of sp³-hybridized carbons (Fsp3) is 0.194. The van der Waals surface area contributed by atoms with Gasteiger partial charge in [-0.25, -0.2) is 0 Å². The third kappa shape index (κ3) is 6.12. The Balaban J connectivity index is 1.83. The molecule has 174 valence electrons. The SMILES string of the molecule is C=C/C=C(\C=C/C)c1cccc(/C(N)=C/C(C)=NCc2ccc3c(=C/CC)/c(=C\C)sc3c2)c1. The van der Waals surface area contributed by atoms with E-state index in [1.807, 2.05) is 55.5 Å². The van der Waals surface area contributed by atoms with Crippen molar-refractivity contribution in [2.45, 2.75) is 40.7 Å². The average Bonchev–Trinajstić information content (AvgIpc) is 3.19. The quantitative estimate of drug-likeness (QED) is 0.282. The maximum atomic E-state index is 6.44. The molecule has 3 aromatic rings. The minimum absolute atomic E-state index is 0.634. The van der Waals surface area contributed by atoms with E-state index in [-0.39, 0.29) is 0 Å². The van der Waals surface area contributed by atoms with Gasteiger partial charge in [0.15, 0.2) is 0 Å². The van der Waals surface area contributed by atoms with E-state index in [0.29, 0.717) is 12.2 Å². The number of benzene rings is 2. The Morgan fingerprint density at radius 2 is 1.91 bits per heavy atom. The number of allylic oxidation sites excluding steroid dienone is 6. The fourth-order valence-electron chi connectivity index (χ4n) is 3.91. The van der Waals surface area contributed by atoms with Crippen molar-refractivity contribution in [3.63, 3.8) is 0 Å². The normalized spacial score (nSPS) is 14.5. The molecule has 0 aliphatic rings. The zero-order valence-electron chi connectivity index (χ0n) is 20.6. The molecule has 2 N–H and O–H groups in total. The molecule has 0 radical (unpaired) electrons. The number of rotatable bonds is 8. The first-order valence-corrected chi connectivity index (χ1v) is 12.5. The van der Waals surface area contributed by atoms with Crippen molar-refractivity contribution in [3.05, 3.63) is 106 Å². The Hall–Kier alpha value is -3.43. The van der Waals surface area contributed by atoms with Crippen molar-refractivity contribution in [3.8, 4) is 0 Å². The summed E-state index contributed by atoms with van der Waals surface area (Å²) in [6, 6.07) is 14.9. The van der Waals surface area contributed by atoms with Crippen molar-refractivity contribution in [1.29, 1.82) is 0 Å². The van der Waals surface area contributed by atoms with E-state index in [4.69, 9.17) is 10.7 Å². The monoisotopic (exact) mass is 466 g/mol. The molecule has 0 spiro atoms. The van der Waals surface area contributed by atoms with Gasteiger partial charge in [0.05, 0.1) is 6.54 Å². The summed E-state index contributed by atoms with van der Waals surface area (Å²) < 4.78 is 2.65. The highest BCUT2D eigenvalue weighted by Gasteiger charge is 2.04. The molecule has 3 heteroatoms. The zero-order chi connectivity index (χ0) is 24.5. The molecule has 2 nitrogen and oxygen atoms in total. The van der Waals surface area contributed by atoms with Crippen LogP contribution in [0.25, 0.3) is 33.5 Å². The van der Waals surface area contributed by atoms with Crippen molar-refractivity contribution in [2.24, 2.45) is 10.7 Å². The Labute approximate surface area is 207 Å². The van der Waals surface area contributed by atoms with Crippen LogP contribution in [0, 0.1) is 0 Å². The standard InChI is InChI=1S/C31H34N2S/c1-6-11-24(12-7-2)25-14-10-15-26(20-25)29(32)18-22(5)33-21-23-16-17-28-27(13-8-3)30(9-4)34-31(28)19-23/h6-7,9-20H,1,8,21,32H2,2-5H3/b12-7-,24-11+,27-13-,29-18-,30-9+,33-22?. The Morgan fingerprint density at radius 3 is 2.62 bits per heavy atom. The first-order valence-electron chi connectivity index (χ1n) is 11.7. The lowest BCUT2D eigenvalue weighted by molar-refractivity contribution is 1.07. The van der Waals surface area contributed by atoms with Crippen molar-refractivity contribution in [2.75, 3.05) is 0 Å². The summed E-state index contributed by atoms with van der Waals surface area (Å²) in [5.74, 6) is 0. The summed E-state index contributed by atoms with van der Waals surface area (Å²) in [5.41, 5.74) is 12.4. The lowest BCUT2D eigenvalue weighted by Crippen LogP contribution is -2.17. The predicted octanol–water partition coefficient (Wildman–Crippen LogP) is 7.00. The topological polar surface area (TPSA) is 38.4 Å². The minimum Gasteiger partial charge on any atom is -0.398 e. The molecular weight excluding hydrogens is 432 g/mol. The van der Waals surface area contributed by atoms with Gasteiger partial charge >= 0.3 is 0 Å². The molecule has 0 amide bonds. The third-order valence-electron chi connectivity index (χ3n) is 5.54. The minimum atomic E-state index is 0.634. The van der Waals surface area contributed by atoms with E-state index in [2.05, 4.69) is 69.0 Å². The largest absolute Gasteiger partial charge is 0.398 e. The van der Waals surface area contributed by atoms with E-state index in [1.165, 1.54) is 25.4 Å². The van der Waals surface area contributed by atoms with Crippen LogP contribution in [0.1, 0.15) is 50.8 Å². The third-order valence-corrected chi connectivity index (χ3v) is 6.77. The molecule has 0 unspecified atom stereocenters. The molecule has 0 fully saturated rings. The van der Waals surface area contributed by atoms with E-state index in [0.717, 1.165) is 28.8 Å². The van der Waals surface area contributed by atoms with Gasteiger partial charge in [-0.2, -0.15) is 0 Å². The molecule has 0 saturated carbocycles. The number of hydrogen-bond acceptors (Lipinski definition) is 3. The Bertz CT molecular complexity index is 1410. The van der Waals surface area contributed by atoms with Gasteiger partial charge in [-0.05, 0) is 78.3 Å². The molecule has 0 aliphatic heterocycles. The molecule has 2 aromatic carbocycles. The number of hydrogen-bond donors (Lipinski definition) is 1. The fourth-order valence-corrected chi connectivity index (χ4v) is 5.07. The van der Waals surface area contributed by atoms with Gasteiger partial charge in [0.1, 0.15) is 0 Å². The lowest BCUT2D eigenvalue weighted by atomic mass is 10.0. The van der Waals surface area contributed by atoms with Crippen LogP contribution >= 0.6 is 11.3 Å². The number of thiophene rings is 1. The van der Waals surface area contributed by atoms with Gasteiger partial charge in [0.2, 0.25) is 0 Å². The second-order valence-electron chi connectivity index (χ2n) is 8.11. The Morgan fingerprint density at radius 1 is 1.12 bits per heavy atom. The van der Waals surface area contributed by atoms with Crippen LogP contribution in [0.15, 0.2) is 84.4 Å². The molecule has 0 aliphatic carbocycles. The van der Waals surface area contributed by atoms with E-state index in [9.17, 15) is 0 Å². The second-order valence-corrected chi connectivity index (χ2v) is 9.19. The van der Waals surface area contributed by atoms with Gasteiger partial charge in [0, 0.05) is 20.6 Å². The highest BCUT2D eigenvalue weighted by molar-refractivity contribution is 7.17.